The van der Waals surface area contributed by atoms with Gasteiger partial charge in [-0.2, -0.15) is 0 Å². The molecular weight excluding hydrogens is 250 g/mol. The van der Waals surface area contributed by atoms with Crippen LogP contribution in [0.1, 0.15) is 25.7 Å². The highest BCUT2D eigenvalue weighted by Crippen LogP contribution is 2.33. The van der Waals surface area contributed by atoms with E-state index in [0.29, 0.717) is 5.02 Å². The smallest absolute Gasteiger partial charge is 0.0865 e. The van der Waals surface area contributed by atoms with E-state index in [1.807, 2.05) is 24.3 Å². The number of rotatable bonds is 4. The summed E-state index contributed by atoms with van der Waals surface area (Å²) in [7, 11) is 1.71. The Balaban J connectivity index is 2.18. The standard InChI is InChI=1S/C14H20ClNO2/c1-18-13-4-2-3-9-14(13,10-17)16-12-7-5-11(15)6-8-12/h5-8,13,16-17H,2-4,9-10H2,1H3. The van der Waals surface area contributed by atoms with E-state index < -0.39 is 0 Å². The van der Waals surface area contributed by atoms with Crippen molar-refractivity contribution in [2.45, 2.75) is 37.3 Å². The summed E-state index contributed by atoms with van der Waals surface area (Å²) < 4.78 is 5.55. The second-order valence-electron chi connectivity index (χ2n) is 4.92. The summed E-state index contributed by atoms with van der Waals surface area (Å²) in [6.45, 7) is 0.0775. The molecule has 0 radical (unpaired) electrons. The van der Waals surface area contributed by atoms with Crippen molar-refractivity contribution in [2.75, 3.05) is 19.0 Å². The molecule has 1 aliphatic rings. The molecule has 2 rings (SSSR count). The van der Waals surface area contributed by atoms with Gasteiger partial charge in [-0.3, -0.25) is 0 Å². The molecule has 0 saturated heterocycles. The second kappa shape index (κ2) is 5.91. The summed E-state index contributed by atoms with van der Waals surface area (Å²) in [5.74, 6) is 0. The maximum absolute atomic E-state index is 9.79. The Bertz CT molecular complexity index is 382. The van der Waals surface area contributed by atoms with E-state index in [0.717, 1.165) is 31.4 Å². The zero-order valence-electron chi connectivity index (χ0n) is 10.7. The van der Waals surface area contributed by atoms with Crippen LogP contribution in [0.25, 0.3) is 0 Å². The number of ether oxygens (including phenoxy) is 1. The third-order valence-electron chi connectivity index (χ3n) is 3.76. The van der Waals surface area contributed by atoms with E-state index >= 15 is 0 Å². The van der Waals surface area contributed by atoms with E-state index in [2.05, 4.69) is 5.32 Å². The molecule has 2 atom stereocenters. The fraction of sp³-hybridized carbons (Fsp3) is 0.571. The molecule has 0 bridgehead atoms. The van der Waals surface area contributed by atoms with Crippen LogP contribution in [0.3, 0.4) is 0 Å². The Kier molecular flexibility index (Phi) is 4.49. The molecule has 1 fully saturated rings. The van der Waals surface area contributed by atoms with Crippen molar-refractivity contribution < 1.29 is 9.84 Å². The maximum Gasteiger partial charge on any atom is 0.0865 e. The molecule has 3 nitrogen and oxygen atoms in total. The molecule has 2 N–H and O–H groups in total. The number of aliphatic hydroxyl groups is 1. The molecule has 100 valence electrons. The number of aliphatic hydroxyl groups excluding tert-OH is 1. The second-order valence-corrected chi connectivity index (χ2v) is 5.35. The Morgan fingerprint density at radius 3 is 2.72 bits per heavy atom. The molecule has 0 spiro atoms. The summed E-state index contributed by atoms with van der Waals surface area (Å²) in [5.41, 5.74) is 0.596. The molecule has 1 aliphatic carbocycles. The summed E-state index contributed by atoms with van der Waals surface area (Å²) in [4.78, 5) is 0. The minimum atomic E-state index is -0.374. The lowest BCUT2D eigenvalue weighted by Gasteiger charge is -2.43. The van der Waals surface area contributed by atoms with Gasteiger partial charge in [0, 0.05) is 17.8 Å². The molecule has 0 aliphatic heterocycles. The highest BCUT2D eigenvalue weighted by Gasteiger charge is 2.40. The number of nitrogens with one attached hydrogen (secondary N) is 1. The fourth-order valence-electron chi connectivity index (χ4n) is 2.73. The molecule has 18 heavy (non-hydrogen) atoms. The first-order valence-electron chi connectivity index (χ1n) is 6.37. The number of halogens is 1. The lowest BCUT2D eigenvalue weighted by atomic mass is 9.79. The van der Waals surface area contributed by atoms with E-state index in [1.165, 1.54) is 0 Å². The summed E-state index contributed by atoms with van der Waals surface area (Å²) in [6.07, 6.45) is 4.22. The van der Waals surface area contributed by atoms with Gasteiger partial charge in [0.15, 0.2) is 0 Å². The van der Waals surface area contributed by atoms with Gasteiger partial charge in [0.25, 0.3) is 0 Å². The van der Waals surface area contributed by atoms with Crippen molar-refractivity contribution >= 4 is 17.3 Å². The molecule has 4 heteroatoms. The van der Waals surface area contributed by atoms with Gasteiger partial charge >= 0.3 is 0 Å². The number of hydrogen-bond donors (Lipinski definition) is 2. The lowest BCUT2D eigenvalue weighted by molar-refractivity contribution is -0.00855. The minimum absolute atomic E-state index is 0.0481. The molecular formula is C14H20ClNO2. The number of methoxy groups -OCH3 is 1. The van der Waals surface area contributed by atoms with Gasteiger partial charge in [0.05, 0.1) is 18.2 Å². The fourth-order valence-corrected chi connectivity index (χ4v) is 2.86. The average molecular weight is 270 g/mol. The summed E-state index contributed by atoms with van der Waals surface area (Å²) >= 11 is 5.88. The van der Waals surface area contributed by atoms with Crippen LogP contribution in [0.2, 0.25) is 5.02 Å². The normalized spacial score (nSPS) is 28.1. The van der Waals surface area contributed by atoms with Crippen molar-refractivity contribution in [3.8, 4) is 0 Å². The monoisotopic (exact) mass is 269 g/mol. The van der Waals surface area contributed by atoms with E-state index in [-0.39, 0.29) is 18.2 Å². The molecule has 2 unspecified atom stereocenters. The highest BCUT2D eigenvalue weighted by molar-refractivity contribution is 6.30. The Morgan fingerprint density at radius 2 is 2.11 bits per heavy atom. The summed E-state index contributed by atoms with van der Waals surface area (Å²) in [5, 5.41) is 13.9. The highest BCUT2D eigenvalue weighted by atomic mass is 35.5. The van der Waals surface area contributed by atoms with Gasteiger partial charge in [-0.1, -0.05) is 24.4 Å². The molecule has 0 heterocycles. The van der Waals surface area contributed by atoms with Crippen LogP contribution in [0.4, 0.5) is 5.69 Å². The number of benzene rings is 1. The van der Waals surface area contributed by atoms with Gasteiger partial charge in [-0.05, 0) is 37.1 Å². The molecule has 1 aromatic carbocycles. The Hall–Kier alpha value is -0.770. The predicted octanol–water partition coefficient (Wildman–Crippen LogP) is 3.07. The SMILES string of the molecule is COC1CCCCC1(CO)Nc1ccc(Cl)cc1. The largest absolute Gasteiger partial charge is 0.394 e. The van der Waals surface area contributed by atoms with Crippen LogP contribution in [0.5, 0.6) is 0 Å². The quantitative estimate of drug-likeness (QED) is 0.883. The van der Waals surface area contributed by atoms with Crippen LogP contribution in [0.15, 0.2) is 24.3 Å². The lowest BCUT2D eigenvalue weighted by Crippen LogP contribution is -2.55. The molecule has 0 amide bonds. The van der Waals surface area contributed by atoms with Gasteiger partial charge < -0.3 is 15.2 Å². The third kappa shape index (κ3) is 2.79. The first-order chi connectivity index (χ1) is 8.70. The average Bonchev–Trinajstić information content (AvgIpc) is 2.42. The van der Waals surface area contributed by atoms with Crippen molar-refractivity contribution in [3.63, 3.8) is 0 Å². The molecule has 0 aromatic heterocycles. The van der Waals surface area contributed by atoms with Crippen LogP contribution in [0, 0.1) is 0 Å². The van der Waals surface area contributed by atoms with E-state index in [9.17, 15) is 5.11 Å². The van der Waals surface area contributed by atoms with Crippen LogP contribution in [-0.4, -0.2) is 30.5 Å². The Morgan fingerprint density at radius 1 is 1.39 bits per heavy atom. The zero-order valence-corrected chi connectivity index (χ0v) is 11.4. The predicted molar refractivity (Wildman–Crippen MR) is 74.2 cm³/mol. The van der Waals surface area contributed by atoms with Crippen LogP contribution >= 0.6 is 11.6 Å². The first-order valence-corrected chi connectivity index (χ1v) is 6.75. The molecule has 1 saturated carbocycles. The van der Waals surface area contributed by atoms with Crippen molar-refractivity contribution in [3.05, 3.63) is 29.3 Å². The van der Waals surface area contributed by atoms with Crippen LogP contribution in [-0.2, 0) is 4.74 Å². The van der Waals surface area contributed by atoms with Crippen LogP contribution < -0.4 is 5.32 Å². The first kappa shape index (κ1) is 13.7. The zero-order chi connectivity index (χ0) is 13.0. The Labute approximate surface area is 113 Å². The molecule has 1 aromatic rings. The van der Waals surface area contributed by atoms with Gasteiger partial charge in [-0.25, -0.2) is 0 Å². The maximum atomic E-state index is 9.79. The number of hydrogen-bond acceptors (Lipinski definition) is 3. The van der Waals surface area contributed by atoms with E-state index in [1.54, 1.807) is 7.11 Å². The van der Waals surface area contributed by atoms with Gasteiger partial charge in [0.2, 0.25) is 0 Å². The topological polar surface area (TPSA) is 41.5 Å². The van der Waals surface area contributed by atoms with E-state index in [4.69, 9.17) is 16.3 Å². The van der Waals surface area contributed by atoms with Crippen molar-refractivity contribution in [1.29, 1.82) is 0 Å². The van der Waals surface area contributed by atoms with Crippen molar-refractivity contribution in [1.82, 2.24) is 0 Å². The van der Waals surface area contributed by atoms with Gasteiger partial charge in [-0.15, -0.1) is 0 Å². The third-order valence-corrected chi connectivity index (χ3v) is 4.01. The minimum Gasteiger partial charge on any atom is -0.394 e. The number of anilines is 1. The van der Waals surface area contributed by atoms with Gasteiger partial charge in [0.1, 0.15) is 0 Å². The van der Waals surface area contributed by atoms with Crippen molar-refractivity contribution in [2.24, 2.45) is 0 Å². The summed E-state index contributed by atoms with van der Waals surface area (Å²) in [6, 6.07) is 7.56.